The SMILES string of the molecule is Cc1cc(=O)c(O)c(S)n1C. The van der Waals surface area contributed by atoms with Crippen LogP contribution in [0.1, 0.15) is 5.69 Å². The summed E-state index contributed by atoms with van der Waals surface area (Å²) in [5.74, 6) is -0.290. The lowest BCUT2D eigenvalue weighted by molar-refractivity contribution is 0.441. The molecule has 1 rings (SSSR count). The second kappa shape index (κ2) is 2.62. The Balaban J connectivity index is 3.59. The maximum atomic E-state index is 10.9. The van der Waals surface area contributed by atoms with Gasteiger partial charge in [-0.3, -0.25) is 4.79 Å². The van der Waals surface area contributed by atoms with Gasteiger partial charge >= 0.3 is 0 Å². The van der Waals surface area contributed by atoms with E-state index in [0.29, 0.717) is 5.03 Å². The van der Waals surface area contributed by atoms with E-state index in [4.69, 9.17) is 5.11 Å². The summed E-state index contributed by atoms with van der Waals surface area (Å²) in [6, 6.07) is 1.37. The van der Waals surface area contributed by atoms with Crippen LogP contribution in [-0.2, 0) is 7.05 Å². The molecule has 0 amide bonds. The lowest BCUT2D eigenvalue weighted by atomic mass is 10.3. The lowest BCUT2D eigenvalue weighted by Crippen LogP contribution is -2.08. The van der Waals surface area contributed by atoms with E-state index < -0.39 is 0 Å². The molecule has 0 aliphatic carbocycles. The molecule has 0 aromatic carbocycles. The largest absolute Gasteiger partial charge is 0.502 e. The van der Waals surface area contributed by atoms with Gasteiger partial charge in [0.2, 0.25) is 5.43 Å². The fourth-order valence-corrected chi connectivity index (χ4v) is 1.06. The Labute approximate surface area is 69.7 Å². The Morgan fingerprint density at radius 2 is 2.18 bits per heavy atom. The van der Waals surface area contributed by atoms with Crippen LogP contribution >= 0.6 is 12.6 Å². The molecule has 3 nitrogen and oxygen atoms in total. The van der Waals surface area contributed by atoms with Crippen LogP contribution in [0, 0.1) is 6.92 Å². The molecular weight excluding hydrogens is 162 g/mol. The van der Waals surface area contributed by atoms with E-state index in [2.05, 4.69) is 12.6 Å². The molecule has 0 radical (unpaired) electrons. The summed E-state index contributed by atoms with van der Waals surface area (Å²) >= 11 is 3.96. The topological polar surface area (TPSA) is 42.2 Å². The second-order valence-electron chi connectivity index (χ2n) is 2.38. The van der Waals surface area contributed by atoms with E-state index in [9.17, 15) is 4.79 Å². The number of hydrogen-bond donors (Lipinski definition) is 2. The zero-order chi connectivity index (χ0) is 8.59. The zero-order valence-corrected chi connectivity index (χ0v) is 7.22. The molecule has 1 heterocycles. The second-order valence-corrected chi connectivity index (χ2v) is 2.80. The van der Waals surface area contributed by atoms with Gasteiger partial charge in [0.05, 0.1) is 0 Å². The van der Waals surface area contributed by atoms with Gasteiger partial charge in [0.25, 0.3) is 0 Å². The first-order valence-corrected chi connectivity index (χ1v) is 3.57. The Morgan fingerprint density at radius 1 is 1.64 bits per heavy atom. The molecule has 0 saturated heterocycles. The van der Waals surface area contributed by atoms with Crippen molar-refractivity contribution >= 4 is 12.6 Å². The summed E-state index contributed by atoms with van der Waals surface area (Å²) < 4.78 is 1.64. The Hall–Kier alpha value is -0.900. The number of aryl methyl sites for hydroxylation is 1. The van der Waals surface area contributed by atoms with Gasteiger partial charge in [0, 0.05) is 18.8 Å². The van der Waals surface area contributed by atoms with E-state index >= 15 is 0 Å². The Kier molecular flexibility index (Phi) is 1.95. The third kappa shape index (κ3) is 1.26. The summed E-state index contributed by atoms with van der Waals surface area (Å²) in [7, 11) is 1.73. The fourth-order valence-electron chi connectivity index (χ4n) is 0.791. The first-order valence-electron chi connectivity index (χ1n) is 3.12. The summed E-state index contributed by atoms with van der Waals surface area (Å²) in [5.41, 5.74) is 0.392. The monoisotopic (exact) mass is 171 g/mol. The number of rotatable bonds is 0. The summed E-state index contributed by atoms with van der Waals surface area (Å²) in [6.07, 6.45) is 0. The van der Waals surface area contributed by atoms with Crippen LogP contribution in [0.2, 0.25) is 0 Å². The Bertz CT molecular complexity index is 343. The van der Waals surface area contributed by atoms with Crippen LogP contribution in [0.15, 0.2) is 15.9 Å². The predicted molar refractivity (Wildman–Crippen MR) is 45.3 cm³/mol. The van der Waals surface area contributed by atoms with Gasteiger partial charge in [-0.1, -0.05) is 0 Å². The molecule has 0 spiro atoms. The van der Waals surface area contributed by atoms with Crippen molar-refractivity contribution in [2.75, 3.05) is 0 Å². The molecule has 1 N–H and O–H groups in total. The average Bonchev–Trinajstić information content (AvgIpc) is 1.97. The van der Waals surface area contributed by atoms with E-state index in [1.807, 2.05) is 0 Å². The first-order chi connectivity index (χ1) is 5.04. The number of hydrogen-bond acceptors (Lipinski definition) is 3. The first kappa shape index (κ1) is 8.20. The minimum atomic E-state index is -0.384. The molecule has 0 atom stereocenters. The number of pyridine rings is 1. The van der Waals surface area contributed by atoms with Gasteiger partial charge in [0.15, 0.2) is 5.75 Å². The predicted octanol–water partition coefficient (Wildman–Crippen LogP) is 0.688. The van der Waals surface area contributed by atoms with Crippen molar-refractivity contribution < 1.29 is 5.11 Å². The molecule has 0 saturated carbocycles. The average molecular weight is 171 g/mol. The number of thiol groups is 1. The van der Waals surface area contributed by atoms with Crippen molar-refractivity contribution in [3.05, 3.63) is 22.0 Å². The summed E-state index contributed by atoms with van der Waals surface area (Å²) in [5, 5.41) is 9.40. The van der Waals surface area contributed by atoms with Gasteiger partial charge in [-0.2, -0.15) is 0 Å². The lowest BCUT2D eigenvalue weighted by Gasteiger charge is -2.07. The molecule has 0 unspecified atom stereocenters. The van der Waals surface area contributed by atoms with Crippen molar-refractivity contribution in [3.63, 3.8) is 0 Å². The van der Waals surface area contributed by atoms with E-state index in [1.54, 1.807) is 18.5 Å². The summed E-state index contributed by atoms with van der Waals surface area (Å²) in [6.45, 7) is 1.78. The minimum Gasteiger partial charge on any atom is -0.502 e. The third-order valence-corrected chi connectivity index (χ3v) is 2.14. The van der Waals surface area contributed by atoms with Crippen LogP contribution in [-0.4, -0.2) is 9.67 Å². The molecule has 1 aromatic rings. The maximum absolute atomic E-state index is 10.9. The number of aromatic hydroxyl groups is 1. The van der Waals surface area contributed by atoms with Gasteiger partial charge in [0.1, 0.15) is 5.03 Å². The normalized spacial score (nSPS) is 10.1. The van der Waals surface area contributed by atoms with Crippen LogP contribution in [0.3, 0.4) is 0 Å². The zero-order valence-electron chi connectivity index (χ0n) is 6.33. The van der Waals surface area contributed by atoms with Gasteiger partial charge in [-0.05, 0) is 6.92 Å². The smallest absolute Gasteiger partial charge is 0.224 e. The molecule has 60 valence electrons. The minimum absolute atomic E-state index is 0.290. The molecular formula is C7H9NO2S. The molecule has 0 bridgehead atoms. The number of nitrogens with zero attached hydrogens (tertiary/aromatic N) is 1. The van der Waals surface area contributed by atoms with Crippen LogP contribution in [0.5, 0.6) is 5.75 Å². The third-order valence-electron chi connectivity index (χ3n) is 1.63. The molecule has 11 heavy (non-hydrogen) atoms. The highest BCUT2D eigenvalue weighted by atomic mass is 32.1. The van der Waals surface area contributed by atoms with E-state index in [0.717, 1.165) is 5.69 Å². The van der Waals surface area contributed by atoms with Crippen molar-refractivity contribution in [1.29, 1.82) is 0 Å². The molecule has 0 aliphatic rings. The Morgan fingerprint density at radius 3 is 2.73 bits per heavy atom. The van der Waals surface area contributed by atoms with Crippen molar-refractivity contribution in [2.24, 2.45) is 7.05 Å². The van der Waals surface area contributed by atoms with Crippen LogP contribution in [0.4, 0.5) is 0 Å². The number of aromatic nitrogens is 1. The molecule has 4 heteroatoms. The van der Waals surface area contributed by atoms with Gasteiger partial charge in [-0.25, -0.2) is 0 Å². The van der Waals surface area contributed by atoms with E-state index in [1.165, 1.54) is 6.07 Å². The van der Waals surface area contributed by atoms with Crippen molar-refractivity contribution in [2.45, 2.75) is 11.9 Å². The molecule has 0 fully saturated rings. The maximum Gasteiger partial charge on any atom is 0.224 e. The van der Waals surface area contributed by atoms with Crippen molar-refractivity contribution in [1.82, 2.24) is 4.57 Å². The highest BCUT2D eigenvalue weighted by Gasteiger charge is 2.05. The molecule has 0 aliphatic heterocycles. The standard InChI is InChI=1S/C7H9NO2S/c1-4-3-5(9)6(10)7(11)8(4)2/h3,10-11H,1-2H3. The van der Waals surface area contributed by atoms with E-state index in [-0.39, 0.29) is 11.2 Å². The molecule has 1 aromatic heterocycles. The fraction of sp³-hybridized carbons (Fsp3) is 0.286. The van der Waals surface area contributed by atoms with Gasteiger partial charge in [-0.15, -0.1) is 12.6 Å². The summed E-state index contributed by atoms with van der Waals surface area (Å²) in [4.78, 5) is 10.9. The quantitative estimate of drug-likeness (QED) is 0.564. The van der Waals surface area contributed by atoms with Crippen LogP contribution in [0.25, 0.3) is 0 Å². The van der Waals surface area contributed by atoms with Crippen LogP contribution < -0.4 is 5.43 Å². The van der Waals surface area contributed by atoms with Gasteiger partial charge < -0.3 is 9.67 Å². The highest BCUT2D eigenvalue weighted by molar-refractivity contribution is 7.80. The highest BCUT2D eigenvalue weighted by Crippen LogP contribution is 2.15. The van der Waals surface area contributed by atoms with Crippen molar-refractivity contribution in [3.8, 4) is 5.75 Å².